The molecule has 0 fully saturated rings. The number of halogens is 2. The normalized spacial score (nSPS) is 10.2. The van der Waals surface area contributed by atoms with Crippen LogP contribution in [-0.4, -0.2) is 18.5 Å². The summed E-state index contributed by atoms with van der Waals surface area (Å²) in [5.41, 5.74) is 1.23. The molecule has 0 spiro atoms. The first-order chi connectivity index (χ1) is 13.5. The summed E-state index contributed by atoms with van der Waals surface area (Å²) in [6.45, 7) is -0.539. The van der Waals surface area contributed by atoms with E-state index in [1.807, 2.05) is 6.07 Å². The van der Waals surface area contributed by atoms with Crippen LogP contribution in [0.25, 0.3) is 11.3 Å². The van der Waals surface area contributed by atoms with Gasteiger partial charge in [0.05, 0.1) is 10.6 Å². The SMILES string of the molecule is N#Cc1ccc(NC(=O)COC(=O)c2ccc(-c3ccc(F)cc3)o2)cc1Cl. The number of furan rings is 1. The van der Waals surface area contributed by atoms with Gasteiger partial charge in [-0.2, -0.15) is 5.26 Å². The number of benzene rings is 2. The average molecular weight is 399 g/mol. The van der Waals surface area contributed by atoms with Gasteiger partial charge < -0.3 is 14.5 Å². The Morgan fingerprint density at radius 3 is 2.57 bits per heavy atom. The van der Waals surface area contributed by atoms with Crippen molar-refractivity contribution in [3.05, 3.63) is 76.8 Å². The largest absolute Gasteiger partial charge is 0.450 e. The number of nitriles is 1. The first-order valence-electron chi connectivity index (χ1n) is 7.98. The molecule has 2 aromatic carbocycles. The fourth-order valence-electron chi connectivity index (χ4n) is 2.30. The van der Waals surface area contributed by atoms with Gasteiger partial charge in [0.1, 0.15) is 17.6 Å². The highest BCUT2D eigenvalue weighted by molar-refractivity contribution is 6.32. The maximum absolute atomic E-state index is 13.0. The van der Waals surface area contributed by atoms with E-state index in [2.05, 4.69) is 5.32 Å². The third-order valence-corrected chi connectivity index (χ3v) is 3.96. The Kier molecular flexibility index (Phi) is 5.72. The van der Waals surface area contributed by atoms with Crippen molar-refractivity contribution >= 4 is 29.2 Å². The van der Waals surface area contributed by atoms with E-state index in [1.165, 1.54) is 48.5 Å². The molecule has 140 valence electrons. The molecule has 3 rings (SSSR count). The highest BCUT2D eigenvalue weighted by Crippen LogP contribution is 2.23. The van der Waals surface area contributed by atoms with Gasteiger partial charge in [-0.25, -0.2) is 9.18 Å². The predicted octanol–water partition coefficient (Wildman–Crippen LogP) is 4.41. The van der Waals surface area contributed by atoms with Gasteiger partial charge in [-0.05, 0) is 54.6 Å². The van der Waals surface area contributed by atoms with Crippen LogP contribution in [0.5, 0.6) is 0 Å². The molecule has 0 radical (unpaired) electrons. The molecule has 1 aromatic heterocycles. The van der Waals surface area contributed by atoms with Crippen LogP contribution in [0.4, 0.5) is 10.1 Å². The van der Waals surface area contributed by atoms with Crippen LogP contribution in [0.15, 0.2) is 59.0 Å². The molecular weight excluding hydrogens is 387 g/mol. The van der Waals surface area contributed by atoms with Crippen LogP contribution in [-0.2, 0) is 9.53 Å². The lowest BCUT2D eigenvalue weighted by molar-refractivity contribution is -0.119. The number of hydrogen-bond acceptors (Lipinski definition) is 5. The number of hydrogen-bond donors (Lipinski definition) is 1. The van der Waals surface area contributed by atoms with E-state index in [9.17, 15) is 14.0 Å². The Bertz CT molecular complexity index is 1070. The van der Waals surface area contributed by atoms with Gasteiger partial charge in [-0.15, -0.1) is 0 Å². The summed E-state index contributed by atoms with van der Waals surface area (Å²) < 4.78 is 23.3. The zero-order chi connectivity index (χ0) is 20.1. The van der Waals surface area contributed by atoms with E-state index in [-0.39, 0.29) is 22.2 Å². The van der Waals surface area contributed by atoms with Crippen molar-refractivity contribution in [1.82, 2.24) is 0 Å². The van der Waals surface area contributed by atoms with E-state index in [4.69, 9.17) is 26.0 Å². The molecule has 0 aliphatic carbocycles. The smallest absolute Gasteiger partial charge is 0.374 e. The molecular formula is C20H12ClFN2O4. The molecule has 0 atom stereocenters. The molecule has 0 saturated heterocycles. The summed E-state index contributed by atoms with van der Waals surface area (Å²) in [5.74, 6) is -1.51. The quantitative estimate of drug-likeness (QED) is 0.643. The van der Waals surface area contributed by atoms with Crippen LogP contribution in [0.1, 0.15) is 16.1 Å². The number of carbonyl (C=O) groups is 2. The van der Waals surface area contributed by atoms with E-state index in [1.54, 1.807) is 6.07 Å². The molecule has 28 heavy (non-hydrogen) atoms. The Morgan fingerprint density at radius 2 is 1.89 bits per heavy atom. The monoisotopic (exact) mass is 398 g/mol. The highest BCUT2D eigenvalue weighted by atomic mass is 35.5. The highest BCUT2D eigenvalue weighted by Gasteiger charge is 2.16. The number of ether oxygens (including phenoxy) is 1. The number of anilines is 1. The fourth-order valence-corrected chi connectivity index (χ4v) is 2.52. The number of esters is 1. The zero-order valence-corrected chi connectivity index (χ0v) is 15.0. The Balaban J connectivity index is 1.57. The van der Waals surface area contributed by atoms with Crippen molar-refractivity contribution < 1.29 is 23.1 Å². The van der Waals surface area contributed by atoms with Gasteiger partial charge in [0, 0.05) is 11.3 Å². The van der Waals surface area contributed by atoms with Crippen molar-refractivity contribution in [1.29, 1.82) is 5.26 Å². The van der Waals surface area contributed by atoms with Crippen molar-refractivity contribution in [2.45, 2.75) is 0 Å². The van der Waals surface area contributed by atoms with Gasteiger partial charge in [0.25, 0.3) is 5.91 Å². The second-order valence-electron chi connectivity index (χ2n) is 5.60. The number of nitrogens with one attached hydrogen (secondary N) is 1. The second-order valence-corrected chi connectivity index (χ2v) is 6.01. The molecule has 0 saturated carbocycles. The van der Waals surface area contributed by atoms with Gasteiger partial charge in [0.15, 0.2) is 6.61 Å². The van der Waals surface area contributed by atoms with Crippen LogP contribution < -0.4 is 5.32 Å². The molecule has 6 nitrogen and oxygen atoms in total. The topological polar surface area (TPSA) is 92.3 Å². The van der Waals surface area contributed by atoms with Gasteiger partial charge in [-0.1, -0.05) is 11.6 Å². The third kappa shape index (κ3) is 4.55. The van der Waals surface area contributed by atoms with Crippen molar-refractivity contribution in [3.63, 3.8) is 0 Å². The van der Waals surface area contributed by atoms with E-state index < -0.39 is 18.5 Å². The molecule has 0 unspecified atom stereocenters. The minimum Gasteiger partial charge on any atom is -0.450 e. The Hall–Kier alpha value is -3.63. The van der Waals surface area contributed by atoms with Gasteiger partial charge >= 0.3 is 5.97 Å². The molecule has 3 aromatic rings. The first-order valence-corrected chi connectivity index (χ1v) is 8.36. The number of rotatable bonds is 5. The number of amides is 1. The number of carbonyl (C=O) groups excluding carboxylic acids is 2. The maximum Gasteiger partial charge on any atom is 0.374 e. The molecule has 0 aliphatic heterocycles. The van der Waals surface area contributed by atoms with Crippen LogP contribution in [0.2, 0.25) is 5.02 Å². The van der Waals surface area contributed by atoms with Crippen LogP contribution in [0, 0.1) is 17.1 Å². The first kappa shape index (κ1) is 19.1. The second kappa shape index (κ2) is 8.37. The Labute approximate surface area is 164 Å². The number of nitrogens with zero attached hydrogens (tertiary/aromatic N) is 1. The minimum absolute atomic E-state index is 0.0893. The lowest BCUT2D eigenvalue weighted by Gasteiger charge is -2.06. The lowest BCUT2D eigenvalue weighted by atomic mass is 10.2. The summed E-state index contributed by atoms with van der Waals surface area (Å²) in [4.78, 5) is 23.9. The molecule has 0 aliphatic rings. The molecule has 1 heterocycles. The summed E-state index contributed by atoms with van der Waals surface area (Å²) in [6, 6.07) is 14.8. The summed E-state index contributed by atoms with van der Waals surface area (Å²) >= 11 is 5.89. The minimum atomic E-state index is -0.818. The van der Waals surface area contributed by atoms with Gasteiger partial charge in [0.2, 0.25) is 5.76 Å². The predicted molar refractivity (Wildman–Crippen MR) is 99.2 cm³/mol. The molecule has 1 amide bonds. The van der Waals surface area contributed by atoms with E-state index >= 15 is 0 Å². The van der Waals surface area contributed by atoms with E-state index in [0.717, 1.165) is 0 Å². The molecule has 8 heteroatoms. The standard InChI is InChI=1S/C20H12ClFN2O4/c21-16-9-15(6-3-13(16)10-23)24-19(25)11-27-20(26)18-8-7-17(28-18)12-1-4-14(22)5-2-12/h1-9H,11H2,(H,24,25). The summed E-state index contributed by atoms with van der Waals surface area (Å²) in [5, 5.41) is 11.5. The Morgan fingerprint density at radius 1 is 1.14 bits per heavy atom. The van der Waals surface area contributed by atoms with Crippen molar-refractivity contribution in [3.8, 4) is 17.4 Å². The van der Waals surface area contributed by atoms with E-state index in [0.29, 0.717) is 17.0 Å². The third-order valence-electron chi connectivity index (χ3n) is 3.64. The average Bonchev–Trinajstić information content (AvgIpc) is 3.17. The fraction of sp³-hybridized carbons (Fsp3) is 0.0500. The van der Waals surface area contributed by atoms with Crippen LogP contribution in [0.3, 0.4) is 0 Å². The summed E-state index contributed by atoms with van der Waals surface area (Å²) in [7, 11) is 0. The summed E-state index contributed by atoms with van der Waals surface area (Å²) in [6.07, 6.45) is 0. The zero-order valence-electron chi connectivity index (χ0n) is 14.2. The maximum atomic E-state index is 13.0. The van der Waals surface area contributed by atoms with Crippen LogP contribution >= 0.6 is 11.6 Å². The van der Waals surface area contributed by atoms with Crippen molar-refractivity contribution in [2.75, 3.05) is 11.9 Å². The van der Waals surface area contributed by atoms with Gasteiger partial charge in [-0.3, -0.25) is 4.79 Å². The van der Waals surface area contributed by atoms with Crippen molar-refractivity contribution in [2.24, 2.45) is 0 Å². The molecule has 0 bridgehead atoms. The lowest BCUT2D eigenvalue weighted by Crippen LogP contribution is -2.20. The molecule has 1 N–H and O–H groups in total.